The molecular weight excluding hydrogens is 488 g/mol. The minimum Gasteiger partial charge on any atom is -0.455 e. The summed E-state index contributed by atoms with van der Waals surface area (Å²) in [6.45, 7) is 0. The third-order valence-electron chi connectivity index (χ3n) is 7.85. The van der Waals surface area contributed by atoms with E-state index in [0.29, 0.717) is 5.56 Å². The second-order valence-corrected chi connectivity index (χ2v) is 10.0. The molecule has 3 nitrogen and oxygen atoms in total. The number of hydrogen-bond acceptors (Lipinski definition) is 2. The van der Waals surface area contributed by atoms with E-state index < -0.39 is 0 Å². The van der Waals surface area contributed by atoms with Crippen LogP contribution in [0.15, 0.2) is 138 Å². The lowest BCUT2D eigenvalue weighted by Gasteiger charge is -2.16. The summed E-state index contributed by atoms with van der Waals surface area (Å²) in [7, 11) is 0. The van der Waals surface area contributed by atoms with E-state index in [0.717, 1.165) is 60.9 Å². The summed E-state index contributed by atoms with van der Waals surface area (Å²) in [5, 5.41) is 14.8. The van der Waals surface area contributed by atoms with Crippen molar-refractivity contribution in [2.24, 2.45) is 0 Å². The van der Waals surface area contributed by atoms with Crippen LogP contribution in [-0.2, 0) is 0 Å². The fourth-order valence-corrected chi connectivity index (χ4v) is 6.10. The molecule has 0 bridgehead atoms. The van der Waals surface area contributed by atoms with Crippen LogP contribution in [0.3, 0.4) is 0 Å². The fourth-order valence-electron chi connectivity index (χ4n) is 6.10. The first-order valence-corrected chi connectivity index (χ1v) is 13.3. The van der Waals surface area contributed by atoms with Gasteiger partial charge in [-0.05, 0) is 41.5 Å². The topological polar surface area (TPSA) is 41.9 Å². The van der Waals surface area contributed by atoms with Crippen molar-refractivity contribution in [1.29, 1.82) is 5.26 Å². The van der Waals surface area contributed by atoms with Gasteiger partial charge in [0.2, 0.25) is 0 Å². The van der Waals surface area contributed by atoms with Gasteiger partial charge in [-0.3, -0.25) is 0 Å². The zero-order valence-corrected chi connectivity index (χ0v) is 21.5. The van der Waals surface area contributed by atoms with Gasteiger partial charge in [0.05, 0.1) is 22.3 Å². The van der Waals surface area contributed by atoms with Crippen molar-refractivity contribution in [1.82, 2.24) is 4.57 Å². The number of hydrogen-bond donors (Lipinski definition) is 0. The van der Waals surface area contributed by atoms with Crippen LogP contribution in [0, 0.1) is 11.3 Å². The van der Waals surface area contributed by atoms with Gasteiger partial charge >= 0.3 is 0 Å². The van der Waals surface area contributed by atoms with Crippen LogP contribution in [-0.4, -0.2) is 4.57 Å². The van der Waals surface area contributed by atoms with E-state index >= 15 is 0 Å². The standard InChI is InChI=1S/C37H22N2O/c38-23-26-12-8-16-27(36(26)39-33-19-4-1-13-29(33)30-14-2-5-20-34(30)39)24-10-7-11-25(22-24)28-17-9-18-32-31-15-3-6-21-35(31)40-37(28)32/h1-22H. The lowest BCUT2D eigenvalue weighted by Crippen LogP contribution is -2.00. The molecule has 0 aliphatic rings. The van der Waals surface area contributed by atoms with Gasteiger partial charge in [0.15, 0.2) is 0 Å². The van der Waals surface area contributed by atoms with Crippen molar-refractivity contribution >= 4 is 43.7 Å². The molecule has 6 aromatic carbocycles. The summed E-state index contributed by atoms with van der Waals surface area (Å²) in [6, 6.07) is 48.3. The SMILES string of the molecule is N#Cc1cccc(-c2cccc(-c3cccc4c3oc3ccccc34)c2)c1-n1c2ccccc2c2ccccc21. The van der Waals surface area contributed by atoms with Gasteiger partial charge in [0, 0.05) is 32.7 Å². The molecule has 0 N–H and O–H groups in total. The molecule has 0 fully saturated rings. The number of para-hydroxylation sites is 5. The number of furan rings is 1. The van der Waals surface area contributed by atoms with Crippen molar-refractivity contribution in [3.05, 3.63) is 139 Å². The molecule has 0 spiro atoms. The lowest BCUT2D eigenvalue weighted by molar-refractivity contribution is 0.670. The van der Waals surface area contributed by atoms with E-state index in [1.807, 2.05) is 30.3 Å². The molecule has 0 radical (unpaired) electrons. The fraction of sp³-hybridized carbons (Fsp3) is 0. The van der Waals surface area contributed by atoms with Gasteiger partial charge in [-0.1, -0.05) is 103 Å². The monoisotopic (exact) mass is 510 g/mol. The van der Waals surface area contributed by atoms with Crippen LogP contribution >= 0.6 is 0 Å². The molecule has 0 aliphatic heterocycles. The first-order chi connectivity index (χ1) is 19.8. The summed E-state index contributed by atoms with van der Waals surface area (Å²) in [6.07, 6.45) is 0. The third-order valence-corrected chi connectivity index (χ3v) is 7.85. The van der Waals surface area contributed by atoms with Crippen LogP contribution in [0.4, 0.5) is 0 Å². The molecule has 0 aliphatic carbocycles. The van der Waals surface area contributed by atoms with Gasteiger partial charge in [-0.15, -0.1) is 0 Å². The Morgan fingerprint density at radius 1 is 0.525 bits per heavy atom. The Labute approximate surface area is 230 Å². The van der Waals surface area contributed by atoms with Crippen molar-refractivity contribution in [3.63, 3.8) is 0 Å². The molecule has 0 unspecified atom stereocenters. The molecule has 0 amide bonds. The molecular formula is C37H22N2O. The summed E-state index contributed by atoms with van der Waals surface area (Å²) < 4.78 is 8.59. The van der Waals surface area contributed by atoms with Gasteiger partial charge in [-0.2, -0.15) is 5.26 Å². The maximum atomic E-state index is 10.3. The predicted octanol–water partition coefficient (Wildman–Crippen LogP) is 9.89. The zero-order valence-electron chi connectivity index (χ0n) is 21.5. The van der Waals surface area contributed by atoms with E-state index in [2.05, 4.69) is 114 Å². The summed E-state index contributed by atoms with van der Waals surface area (Å²) in [5.74, 6) is 0. The number of aromatic nitrogens is 1. The highest BCUT2D eigenvalue weighted by Gasteiger charge is 2.19. The van der Waals surface area contributed by atoms with Gasteiger partial charge < -0.3 is 8.98 Å². The second-order valence-electron chi connectivity index (χ2n) is 10.0. The highest BCUT2D eigenvalue weighted by atomic mass is 16.3. The number of benzene rings is 6. The minimum atomic E-state index is 0.633. The van der Waals surface area contributed by atoms with E-state index in [-0.39, 0.29) is 0 Å². The quantitative estimate of drug-likeness (QED) is 0.237. The molecule has 40 heavy (non-hydrogen) atoms. The van der Waals surface area contributed by atoms with Crippen LogP contribution in [0.25, 0.3) is 71.7 Å². The van der Waals surface area contributed by atoms with Crippen molar-refractivity contribution in [2.75, 3.05) is 0 Å². The maximum Gasteiger partial charge on any atom is 0.143 e. The Kier molecular flexibility index (Phi) is 4.89. The van der Waals surface area contributed by atoms with Crippen molar-refractivity contribution < 1.29 is 4.42 Å². The molecule has 0 saturated carbocycles. The van der Waals surface area contributed by atoms with Crippen LogP contribution in [0.2, 0.25) is 0 Å². The average molecular weight is 511 g/mol. The van der Waals surface area contributed by atoms with Crippen LogP contribution in [0.1, 0.15) is 5.56 Å². The first-order valence-electron chi connectivity index (χ1n) is 13.3. The molecule has 2 aromatic heterocycles. The predicted molar refractivity (Wildman–Crippen MR) is 164 cm³/mol. The summed E-state index contributed by atoms with van der Waals surface area (Å²) >= 11 is 0. The average Bonchev–Trinajstić information content (AvgIpc) is 3.57. The van der Waals surface area contributed by atoms with Crippen LogP contribution in [0.5, 0.6) is 0 Å². The zero-order chi connectivity index (χ0) is 26.6. The maximum absolute atomic E-state index is 10.3. The number of nitrogens with zero attached hydrogens (tertiary/aromatic N) is 2. The number of rotatable bonds is 3. The lowest BCUT2D eigenvalue weighted by atomic mass is 9.95. The van der Waals surface area contributed by atoms with Crippen molar-refractivity contribution in [2.45, 2.75) is 0 Å². The minimum absolute atomic E-state index is 0.633. The second kappa shape index (κ2) is 8.73. The van der Waals surface area contributed by atoms with Gasteiger partial charge in [-0.25, -0.2) is 0 Å². The van der Waals surface area contributed by atoms with Gasteiger partial charge in [0.1, 0.15) is 17.2 Å². The Hall–Kier alpha value is -5.59. The largest absolute Gasteiger partial charge is 0.455 e. The Morgan fingerprint density at radius 3 is 1.85 bits per heavy atom. The number of fused-ring (bicyclic) bond motifs is 6. The third kappa shape index (κ3) is 3.24. The molecule has 186 valence electrons. The van der Waals surface area contributed by atoms with E-state index in [1.165, 1.54) is 10.8 Å². The molecule has 2 heterocycles. The molecule has 8 rings (SSSR count). The smallest absolute Gasteiger partial charge is 0.143 e. The van der Waals surface area contributed by atoms with E-state index in [4.69, 9.17) is 4.42 Å². The molecule has 3 heteroatoms. The summed E-state index contributed by atoms with van der Waals surface area (Å²) in [5.41, 5.74) is 9.61. The first kappa shape index (κ1) is 22.4. The van der Waals surface area contributed by atoms with E-state index in [9.17, 15) is 5.26 Å². The van der Waals surface area contributed by atoms with Gasteiger partial charge in [0.25, 0.3) is 0 Å². The molecule has 8 aromatic rings. The number of nitriles is 1. The Bertz CT molecular complexity index is 2240. The Morgan fingerprint density at radius 2 is 1.10 bits per heavy atom. The highest BCUT2D eigenvalue weighted by molar-refractivity contribution is 6.11. The molecule has 0 saturated heterocycles. The highest BCUT2D eigenvalue weighted by Crippen LogP contribution is 2.40. The normalized spacial score (nSPS) is 11.5. The molecule has 0 atom stereocenters. The summed E-state index contributed by atoms with van der Waals surface area (Å²) in [4.78, 5) is 0. The Balaban J connectivity index is 1.39. The van der Waals surface area contributed by atoms with E-state index in [1.54, 1.807) is 0 Å². The van der Waals surface area contributed by atoms with Crippen LogP contribution < -0.4 is 0 Å². The van der Waals surface area contributed by atoms with Crippen molar-refractivity contribution in [3.8, 4) is 34.0 Å².